The van der Waals surface area contributed by atoms with E-state index < -0.39 is 11.8 Å². The van der Waals surface area contributed by atoms with Gasteiger partial charge >= 0.3 is 0 Å². The number of amides is 2. The van der Waals surface area contributed by atoms with E-state index in [0.29, 0.717) is 57.8 Å². The molecule has 6 rings (SSSR count). The molecule has 258 valence electrons. The van der Waals surface area contributed by atoms with Crippen LogP contribution in [0.15, 0.2) is 90.1 Å². The summed E-state index contributed by atoms with van der Waals surface area (Å²) in [5.74, 6) is -0.712. The molecule has 0 radical (unpaired) electrons. The maximum Gasteiger partial charge on any atom is 0.267 e. The van der Waals surface area contributed by atoms with Crippen LogP contribution in [0.4, 0.5) is 11.4 Å². The van der Waals surface area contributed by atoms with Crippen molar-refractivity contribution in [3.63, 3.8) is 0 Å². The maximum atomic E-state index is 12.7. The van der Waals surface area contributed by atoms with Gasteiger partial charge in [-0.25, -0.2) is 15.1 Å². The summed E-state index contributed by atoms with van der Waals surface area (Å²) >= 11 is 27.6. The van der Waals surface area contributed by atoms with Crippen LogP contribution in [0.5, 0.6) is 0 Å². The van der Waals surface area contributed by atoms with Crippen LogP contribution in [0.1, 0.15) is 71.4 Å². The van der Waals surface area contributed by atoms with Crippen molar-refractivity contribution in [3.05, 3.63) is 124 Å². The second-order valence-electron chi connectivity index (χ2n) is 11.5. The van der Waals surface area contributed by atoms with Crippen LogP contribution in [0.3, 0.4) is 0 Å². The van der Waals surface area contributed by atoms with Gasteiger partial charge in [0.15, 0.2) is 0 Å². The number of aromatic amines is 2. The van der Waals surface area contributed by atoms with E-state index in [2.05, 4.69) is 20.4 Å². The molecule has 0 unspecified atom stereocenters. The van der Waals surface area contributed by atoms with Crippen LogP contribution in [-0.2, 0) is 0 Å². The van der Waals surface area contributed by atoms with Crippen LogP contribution in [-0.4, -0.2) is 32.2 Å². The monoisotopic (exact) mass is 788 g/mol. The molecule has 0 saturated heterocycles. The number of nitrogens with one attached hydrogen (secondary N) is 2. The molecule has 3 aromatic carbocycles. The van der Waals surface area contributed by atoms with E-state index in [4.69, 9.17) is 52.1 Å². The number of hydrogen-bond donors (Lipinski definition) is 3. The number of carbonyl (C=O) groups excluding carboxylic acids is 2. The summed E-state index contributed by atoms with van der Waals surface area (Å²) < 4.78 is 0. The van der Waals surface area contributed by atoms with Gasteiger partial charge in [0.1, 0.15) is 10.1 Å². The molecule has 0 saturated carbocycles. The fraction of sp³-hybridized carbons (Fsp3) is 0.176. The number of hydrogen-bond acceptors (Lipinski definition) is 9. The topological polar surface area (TPSA) is 155 Å². The predicted octanol–water partition coefficient (Wildman–Crippen LogP) is 9.09. The zero-order valence-corrected chi connectivity index (χ0v) is 31.5. The van der Waals surface area contributed by atoms with Crippen molar-refractivity contribution in [2.45, 2.75) is 59.4 Å². The highest BCUT2D eigenvalue weighted by Gasteiger charge is 2.37. The Hall–Kier alpha value is -3.78. The van der Waals surface area contributed by atoms with Gasteiger partial charge < -0.3 is 5.73 Å². The van der Waals surface area contributed by atoms with Gasteiger partial charge in [0.25, 0.3) is 22.9 Å². The molecule has 5 aromatic rings. The molecule has 1 aliphatic rings. The smallest absolute Gasteiger partial charge is 0.267 e. The number of carbonyl (C=O) groups is 2. The summed E-state index contributed by atoms with van der Waals surface area (Å²) in [5, 5.41) is 15.6. The van der Waals surface area contributed by atoms with Crippen LogP contribution in [0.2, 0.25) is 20.1 Å². The first-order valence-corrected chi connectivity index (χ1v) is 18.1. The average molecular weight is 791 g/mol. The number of fused-ring (bicyclic) bond motifs is 1. The quantitative estimate of drug-likeness (QED) is 0.108. The standard InChI is InChI=1S/C21H15Cl2N3O3S.C13H13Cl2N3OS/c1-10(2)14-9-17(24-25-19(14)27)30-18-15(22)7-11(8-16(18)23)26-20(28)12-5-3-4-6-13(12)21(26)29;1-6(2)8-5-11(17-18-13(8)19)20-12-9(14)3-7(16)4-10(12)15/h3-10H,1-2H3,(H,25,27);3-6H,16H2,1-2H3,(H,18,19). The van der Waals surface area contributed by atoms with Crippen LogP contribution in [0.25, 0.3) is 0 Å². The molecule has 10 nitrogen and oxygen atoms in total. The maximum absolute atomic E-state index is 12.7. The van der Waals surface area contributed by atoms with Crippen molar-refractivity contribution in [3.8, 4) is 0 Å². The second kappa shape index (κ2) is 15.6. The van der Waals surface area contributed by atoms with Crippen LogP contribution < -0.4 is 21.8 Å². The summed E-state index contributed by atoms with van der Waals surface area (Å²) in [5.41, 5.74) is 7.98. The highest BCUT2D eigenvalue weighted by Crippen LogP contribution is 2.42. The van der Waals surface area contributed by atoms with E-state index in [9.17, 15) is 19.2 Å². The van der Waals surface area contributed by atoms with Gasteiger partial charge in [-0.3, -0.25) is 19.2 Å². The number of anilines is 2. The normalized spacial score (nSPS) is 12.4. The highest BCUT2D eigenvalue weighted by atomic mass is 35.5. The summed E-state index contributed by atoms with van der Waals surface area (Å²) in [6.07, 6.45) is 0. The van der Waals surface area contributed by atoms with Crippen molar-refractivity contribution in [1.82, 2.24) is 20.4 Å². The minimum Gasteiger partial charge on any atom is -0.399 e. The number of imide groups is 1. The third kappa shape index (κ3) is 8.06. The van der Waals surface area contributed by atoms with Crippen molar-refractivity contribution >= 4 is 93.1 Å². The first kappa shape index (κ1) is 37.5. The van der Waals surface area contributed by atoms with Gasteiger partial charge in [-0.1, -0.05) is 110 Å². The molecule has 0 atom stereocenters. The van der Waals surface area contributed by atoms with E-state index in [-0.39, 0.29) is 38.7 Å². The Balaban J connectivity index is 0.000000211. The number of rotatable bonds is 7. The minimum atomic E-state index is -0.424. The van der Waals surface area contributed by atoms with E-state index in [1.54, 1.807) is 48.5 Å². The minimum absolute atomic E-state index is 0.0262. The SMILES string of the molecule is CC(C)c1cc(Sc2c(Cl)cc(N)cc2Cl)n[nH]c1=O.CC(C)c1cc(Sc2c(Cl)cc(N3C(=O)c4ccccc4C3=O)cc2Cl)n[nH]c1=O. The molecule has 2 aromatic heterocycles. The lowest BCUT2D eigenvalue weighted by Gasteiger charge is -2.16. The molecule has 2 amide bonds. The molecule has 16 heteroatoms. The molecule has 3 heterocycles. The van der Waals surface area contributed by atoms with E-state index >= 15 is 0 Å². The Labute approximate surface area is 315 Å². The lowest BCUT2D eigenvalue weighted by molar-refractivity contribution is 0.0926. The average Bonchev–Trinajstić information content (AvgIpc) is 3.31. The van der Waals surface area contributed by atoms with Gasteiger partial charge in [-0.05, 0) is 60.4 Å². The van der Waals surface area contributed by atoms with Gasteiger partial charge in [0.2, 0.25) is 0 Å². The van der Waals surface area contributed by atoms with Crippen molar-refractivity contribution < 1.29 is 9.59 Å². The van der Waals surface area contributed by atoms with Crippen LogP contribution in [0, 0.1) is 0 Å². The Morgan fingerprint density at radius 2 is 1.02 bits per heavy atom. The fourth-order valence-corrected chi connectivity index (χ4v) is 7.89. The second-order valence-corrected chi connectivity index (χ2v) is 15.2. The lowest BCUT2D eigenvalue weighted by atomic mass is 10.1. The molecular weight excluding hydrogens is 762 g/mol. The third-order valence-corrected chi connectivity index (χ3v) is 11.1. The van der Waals surface area contributed by atoms with E-state index in [0.717, 1.165) is 4.90 Å². The fourth-order valence-electron chi connectivity index (χ4n) is 4.85. The summed E-state index contributed by atoms with van der Waals surface area (Å²) in [6.45, 7) is 7.72. The summed E-state index contributed by atoms with van der Waals surface area (Å²) in [7, 11) is 0. The first-order valence-electron chi connectivity index (χ1n) is 14.9. The molecule has 0 spiro atoms. The zero-order chi connectivity index (χ0) is 36.4. The number of halogens is 4. The summed E-state index contributed by atoms with van der Waals surface area (Å²) in [4.78, 5) is 51.2. The van der Waals surface area contributed by atoms with Crippen molar-refractivity contribution in [2.24, 2.45) is 0 Å². The van der Waals surface area contributed by atoms with Crippen molar-refractivity contribution in [2.75, 3.05) is 10.6 Å². The Kier molecular flexibility index (Phi) is 11.7. The molecule has 1 aliphatic heterocycles. The Morgan fingerprint density at radius 3 is 1.40 bits per heavy atom. The number of H-pyrrole nitrogens is 2. The van der Waals surface area contributed by atoms with Gasteiger partial charge in [-0.2, -0.15) is 10.2 Å². The molecule has 0 fully saturated rings. The number of benzene rings is 3. The Morgan fingerprint density at radius 1 is 0.640 bits per heavy atom. The molecule has 0 aliphatic carbocycles. The number of nitrogens with two attached hydrogens (primary N) is 1. The first-order chi connectivity index (χ1) is 23.7. The van der Waals surface area contributed by atoms with Crippen LogP contribution >= 0.6 is 69.9 Å². The van der Waals surface area contributed by atoms with Gasteiger partial charge in [-0.15, -0.1) is 0 Å². The number of nitrogens with zero attached hydrogens (tertiary/aromatic N) is 3. The molecule has 50 heavy (non-hydrogen) atoms. The third-order valence-electron chi connectivity index (χ3n) is 7.33. The lowest BCUT2D eigenvalue weighted by Crippen LogP contribution is -2.29. The zero-order valence-electron chi connectivity index (χ0n) is 26.8. The number of nitrogen functional groups attached to an aromatic ring is 1. The number of aromatic nitrogens is 4. The van der Waals surface area contributed by atoms with E-state index in [1.807, 2.05) is 27.7 Å². The highest BCUT2D eigenvalue weighted by molar-refractivity contribution is 7.99. The summed E-state index contributed by atoms with van der Waals surface area (Å²) in [6, 6.07) is 16.4. The molecule has 4 N–H and O–H groups in total. The van der Waals surface area contributed by atoms with Gasteiger partial charge in [0.05, 0.1) is 46.7 Å². The predicted molar refractivity (Wildman–Crippen MR) is 201 cm³/mol. The molecule has 0 bridgehead atoms. The van der Waals surface area contributed by atoms with E-state index in [1.165, 1.54) is 35.7 Å². The van der Waals surface area contributed by atoms with Crippen molar-refractivity contribution in [1.29, 1.82) is 0 Å². The largest absolute Gasteiger partial charge is 0.399 e. The van der Waals surface area contributed by atoms with Gasteiger partial charge in [0, 0.05) is 16.8 Å². The molecular formula is C34H28Cl4N6O4S2. The Bertz CT molecular complexity index is 2180.